The van der Waals surface area contributed by atoms with Crippen molar-refractivity contribution >= 4 is 17.7 Å². The molecular formula is C15H16N2O3. The highest BCUT2D eigenvalue weighted by molar-refractivity contribution is 6.10. The summed E-state index contributed by atoms with van der Waals surface area (Å²) in [4.78, 5) is 35.7. The Balaban J connectivity index is 2.03. The Labute approximate surface area is 117 Å². The zero-order valence-corrected chi connectivity index (χ0v) is 11.3. The molecule has 0 unspecified atom stereocenters. The van der Waals surface area contributed by atoms with Crippen LogP contribution in [-0.2, 0) is 20.8 Å². The molecule has 0 bridgehead atoms. The summed E-state index contributed by atoms with van der Waals surface area (Å²) in [7, 11) is 0. The van der Waals surface area contributed by atoms with Crippen molar-refractivity contribution in [3.8, 4) is 0 Å². The molecule has 1 aliphatic rings. The van der Waals surface area contributed by atoms with Gasteiger partial charge in [0.05, 0.1) is 0 Å². The summed E-state index contributed by atoms with van der Waals surface area (Å²) in [5, 5.41) is 2.52. The maximum atomic E-state index is 12.0. The second kappa shape index (κ2) is 6.14. The van der Waals surface area contributed by atoms with Crippen molar-refractivity contribution < 1.29 is 14.4 Å². The SMILES string of the molecule is CC(=O)N1CC(=O)NC(=CCCc2ccccc2)C1=O. The Morgan fingerprint density at radius 3 is 2.65 bits per heavy atom. The first-order valence-electron chi connectivity index (χ1n) is 6.44. The van der Waals surface area contributed by atoms with Gasteiger partial charge in [-0.25, -0.2) is 0 Å². The Bertz CT molecular complexity index is 564. The number of hydrogen-bond acceptors (Lipinski definition) is 3. The van der Waals surface area contributed by atoms with Crippen LogP contribution in [0.4, 0.5) is 0 Å². The van der Waals surface area contributed by atoms with Gasteiger partial charge in [-0.05, 0) is 18.4 Å². The van der Waals surface area contributed by atoms with Crippen LogP contribution >= 0.6 is 0 Å². The number of carbonyl (C=O) groups excluding carboxylic acids is 3. The maximum Gasteiger partial charge on any atom is 0.277 e. The fourth-order valence-electron chi connectivity index (χ4n) is 2.02. The number of nitrogens with one attached hydrogen (secondary N) is 1. The van der Waals surface area contributed by atoms with Crippen LogP contribution in [-0.4, -0.2) is 29.2 Å². The van der Waals surface area contributed by atoms with E-state index in [0.717, 1.165) is 16.9 Å². The van der Waals surface area contributed by atoms with Crippen molar-refractivity contribution in [1.29, 1.82) is 0 Å². The standard InChI is InChI=1S/C15H16N2O3/c1-11(18)17-10-14(19)16-13(15(17)20)9-5-8-12-6-3-2-4-7-12/h2-4,6-7,9H,5,8,10H2,1H3,(H,16,19). The van der Waals surface area contributed by atoms with Crippen molar-refractivity contribution in [2.45, 2.75) is 19.8 Å². The van der Waals surface area contributed by atoms with Crippen LogP contribution in [0.15, 0.2) is 42.1 Å². The third-order valence-electron chi connectivity index (χ3n) is 3.06. The van der Waals surface area contributed by atoms with Gasteiger partial charge in [0.25, 0.3) is 5.91 Å². The first-order valence-corrected chi connectivity index (χ1v) is 6.44. The van der Waals surface area contributed by atoms with E-state index in [2.05, 4.69) is 5.32 Å². The van der Waals surface area contributed by atoms with Gasteiger partial charge in [0, 0.05) is 6.92 Å². The van der Waals surface area contributed by atoms with E-state index in [1.807, 2.05) is 30.3 Å². The molecule has 1 aromatic rings. The molecule has 20 heavy (non-hydrogen) atoms. The topological polar surface area (TPSA) is 66.5 Å². The predicted molar refractivity (Wildman–Crippen MR) is 73.4 cm³/mol. The number of hydrogen-bond donors (Lipinski definition) is 1. The van der Waals surface area contributed by atoms with E-state index in [1.54, 1.807) is 6.08 Å². The molecule has 104 valence electrons. The molecule has 5 heteroatoms. The lowest BCUT2D eigenvalue weighted by molar-refractivity contribution is -0.147. The average Bonchev–Trinajstić information content (AvgIpc) is 2.43. The fraction of sp³-hybridized carbons (Fsp3) is 0.267. The highest BCUT2D eigenvalue weighted by Gasteiger charge is 2.30. The monoisotopic (exact) mass is 272 g/mol. The predicted octanol–water partition coefficient (Wildman–Crippen LogP) is 1.01. The van der Waals surface area contributed by atoms with Gasteiger partial charge >= 0.3 is 0 Å². The van der Waals surface area contributed by atoms with Gasteiger partial charge in [-0.3, -0.25) is 19.3 Å². The minimum atomic E-state index is -0.440. The highest BCUT2D eigenvalue weighted by atomic mass is 16.2. The number of imide groups is 1. The zero-order chi connectivity index (χ0) is 14.5. The Kier molecular flexibility index (Phi) is 4.30. The van der Waals surface area contributed by atoms with Gasteiger partial charge in [-0.1, -0.05) is 36.4 Å². The van der Waals surface area contributed by atoms with Crippen LogP contribution in [0, 0.1) is 0 Å². The summed E-state index contributed by atoms with van der Waals surface area (Å²) in [6.45, 7) is 1.07. The maximum absolute atomic E-state index is 12.0. The minimum absolute atomic E-state index is 0.187. The third-order valence-corrected chi connectivity index (χ3v) is 3.06. The van der Waals surface area contributed by atoms with Gasteiger partial charge < -0.3 is 5.32 Å². The molecule has 1 N–H and O–H groups in total. The first kappa shape index (κ1) is 14.0. The van der Waals surface area contributed by atoms with E-state index in [1.165, 1.54) is 6.92 Å². The number of aryl methyl sites for hydroxylation is 1. The van der Waals surface area contributed by atoms with E-state index in [-0.39, 0.29) is 18.1 Å². The van der Waals surface area contributed by atoms with E-state index < -0.39 is 11.8 Å². The molecule has 0 radical (unpaired) electrons. The number of benzene rings is 1. The van der Waals surface area contributed by atoms with Crippen molar-refractivity contribution in [2.75, 3.05) is 6.54 Å². The van der Waals surface area contributed by atoms with Crippen LogP contribution < -0.4 is 5.32 Å². The van der Waals surface area contributed by atoms with Gasteiger partial charge in [-0.2, -0.15) is 0 Å². The molecule has 0 atom stereocenters. The molecule has 1 saturated heterocycles. The minimum Gasteiger partial charge on any atom is -0.320 e. The van der Waals surface area contributed by atoms with E-state index >= 15 is 0 Å². The van der Waals surface area contributed by atoms with Crippen molar-refractivity contribution in [3.63, 3.8) is 0 Å². The number of rotatable bonds is 3. The molecule has 2 rings (SSSR count). The molecule has 0 saturated carbocycles. The van der Waals surface area contributed by atoms with Crippen molar-refractivity contribution in [2.24, 2.45) is 0 Å². The van der Waals surface area contributed by atoms with Crippen LogP contribution in [0.1, 0.15) is 18.9 Å². The Morgan fingerprint density at radius 2 is 2.00 bits per heavy atom. The molecule has 3 amide bonds. The largest absolute Gasteiger partial charge is 0.320 e. The molecule has 0 spiro atoms. The number of nitrogens with zero attached hydrogens (tertiary/aromatic N) is 1. The lowest BCUT2D eigenvalue weighted by Gasteiger charge is -2.25. The highest BCUT2D eigenvalue weighted by Crippen LogP contribution is 2.09. The third kappa shape index (κ3) is 3.32. The summed E-state index contributed by atoms with van der Waals surface area (Å²) < 4.78 is 0. The Hall–Kier alpha value is -2.43. The lowest BCUT2D eigenvalue weighted by atomic mass is 10.1. The number of allylic oxidation sites excluding steroid dienone is 1. The van der Waals surface area contributed by atoms with Gasteiger partial charge in [0.2, 0.25) is 11.8 Å². The Morgan fingerprint density at radius 1 is 1.30 bits per heavy atom. The smallest absolute Gasteiger partial charge is 0.277 e. The fourth-order valence-corrected chi connectivity index (χ4v) is 2.02. The van der Waals surface area contributed by atoms with Gasteiger partial charge in [0.1, 0.15) is 12.2 Å². The molecule has 5 nitrogen and oxygen atoms in total. The molecule has 1 heterocycles. The van der Waals surface area contributed by atoms with Crippen molar-refractivity contribution in [3.05, 3.63) is 47.7 Å². The average molecular weight is 272 g/mol. The number of amides is 3. The van der Waals surface area contributed by atoms with Crippen LogP contribution in [0.2, 0.25) is 0 Å². The summed E-state index contributed by atoms with van der Waals surface area (Å²) in [5.41, 5.74) is 1.34. The number of carbonyl (C=O) groups is 3. The summed E-state index contributed by atoms with van der Waals surface area (Å²) in [5.74, 6) is -1.20. The van der Waals surface area contributed by atoms with Crippen LogP contribution in [0.5, 0.6) is 0 Å². The summed E-state index contributed by atoms with van der Waals surface area (Å²) in [6, 6.07) is 9.85. The molecule has 1 aliphatic heterocycles. The zero-order valence-electron chi connectivity index (χ0n) is 11.3. The summed E-state index contributed by atoms with van der Waals surface area (Å²) >= 11 is 0. The van der Waals surface area contributed by atoms with Crippen LogP contribution in [0.25, 0.3) is 0 Å². The molecular weight excluding hydrogens is 256 g/mol. The van der Waals surface area contributed by atoms with E-state index in [9.17, 15) is 14.4 Å². The van der Waals surface area contributed by atoms with E-state index in [4.69, 9.17) is 0 Å². The van der Waals surface area contributed by atoms with E-state index in [0.29, 0.717) is 6.42 Å². The first-order chi connectivity index (χ1) is 9.58. The molecule has 1 fully saturated rings. The second-order valence-corrected chi connectivity index (χ2v) is 4.60. The quantitative estimate of drug-likeness (QED) is 0.835. The molecule has 1 aromatic carbocycles. The molecule has 0 aromatic heterocycles. The normalized spacial score (nSPS) is 17.2. The summed E-state index contributed by atoms with van der Waals surface area (Å²) in [6.07, 6.45) is 3.06. The van der Waals surface area contributed by atoms with Crippen LogP contribution in [0.3, 0.4) is 0 Å². The number of piperazine rings is 1. The van der Waals surface area contributed by atoms with Gasteiger partial charge in [0.15, 0.2) is 0 Å². The van der Waals surface area contributed by atoms with Gasteiger partial charge in [-0.15, -0.1) is 0 Å². The van der Waals surface area contributed by atoms with Crippen molar-refractivity contribution in [1.82, 2.24) is 10.2 Å². The molecule has 0 aliphatic carbocycles. The second-order valence-electron chi connectivity index (χ2n) is 4.60. The lowest BCUT2D eigenvalue weighted by Crippen LogP contribution is -2.51.